The molecule has 0 bridgehead atoms. The van der Waals surface area contributed by atoms with E-state index in [-0.39, 0.29) is 0 Å². The number of piperazine rings is 1. The molecule has 1 fully saturated rings. The van der Waals surface area contributed by atoms with Gasteiger partial charge in [0.05, 0.1) is 12.4 Å². The van der Waals surface area contributed by atoms with Gasteiger partial charge < -0.3 is 9.80 Å². The molecule has 116 valence electrons. The summed E-state index contributed by atoms with van der Waals surface area (Å²) < 4.78 is 1.71. The second-order valence-electron chi connectivity index (χ2n) is 5.21. The second kappa shape index (κ2) is 5.99. The largest absolute Gasteiger partial charge is 0.352 e. The molecule has 8 nitrogen and oxygen atoms in total. The minimum atomic E-state index is 0.723. The molecule has 0 atom stereocenters. The van der Waals surface area contributed by atoms with Crippen LogP contribution < -0.4 is 9.80 Å². The predicted molar refractivity (Wildman–Crippen MR) is 85.6 cm³/mol. The smallest absolute Gasteiger partial charge is 0.225 e. The van der Waals surface area contributed by atoms with Gasteiger partial charge in [-0.1, -0.05) is 0 Å². The maximum absolute atomic E-state index is 4.65. The predicted octanol–water partition coefficient (Wildman–Crippen LogP) is 0.779. The van der Waals surface area contributed by atoms with E-state index in [1.807, 2.05) is 18.3 Å². The van der Waals surface area contributed by atoms with E-state index in [2.05, 4.69) is 34.8 Å². The zero-order chi connectivity index (χ0) is 15.5. The van der Waals surface area contributed by atoms with Gasteiger partial charge >= 0.3 is 0 Å². The van der Waals surface area contributed by atoms with Crippen molar-refractivity contribution in [2.45, 2.75) is 0 Å². The fourth-order valence-corrected chi connectivity index (χ4v) is 2.60. The van der Waals surface area contributed by atoms with E-state index < -0.39 is 0 Å². The molecule has 4 heterocycles. The Labute approximate surface area is 133 Å². The van der Waals surface area contributed by atoms with Crippen LogP contribution in [0.5, 0.6) is 0 Å². The van der Waals surface area contributed by atoms with Crippen LogP contribution in [0.15, 0.2) is 49.3 Å². The van der Waals surface area contributed by atoms with Crippen LogP contribution in [0, 0.1) is 0 Å². The standard InChI is InChI=1S/C15H16N8/c1-3-17-15(18-4-1)22-9-7-21(8-10-22)13-11-16-12-14(20-13)23-6-2-5-19-23/h1-6,11-12H,7-10H2. The van der Waals surface area contributed by atoms with Crippen molar-refractivity contribution >= 4 is 11.8 Å². The van der Waals surface area contributed by atoms with Crippen LogP contribution in [0.1, 0.15) is 0 Å². The molecule has 0 amide bonds. The van der Waals surface area contributed by atoms with E-state index >= 15 is 0 Å². The van der Waals surface area contributed by atoms with Crippen molar-refractivity contribution in [2.24, 2.45) is 0 Å². The van der Waals surface area contributed by atoms with Gasteiger partial charge in [-0.2, -0.15) is 5.10 Å². The number of nitrogens with zero attached hydrogens (tertiary/aromatic N) is 8. The minimum absolute atomic E-state index is 0.723. The molecule has 0 unspecified atom stereocenters. The molecule has 1 saturated heterocycles. The molecule has 4 rings (SSSR count). The number of hydrogen-bond acceptors (Lipinski definition) is 7. The number of rotatable bonds is 3. The third-order valence-electron chi connectivity index (χ3n) is 3.79. The SMILES string of the molecule is c1cnc(N2CCN(c3cncc(-n4cccn4)n3)CC2)nc1. The topological polar surface area (TPSA) is 75.9 Å². The summed E-state index contributed by atoms with van der Waals surface area (Å²) in [5, 5.41) is 4.20. The fraction of sp³-hybridized carbons (Fsp3) is 0.267. The van der Waals surface area contributed by atoms with Gasteiger partial charge in [0, 0.05) is 51.0 Å². The van der Waals surface area contributed by atoms with Crippen molar-refractivity contribution in [2.75, 3.05) is 36.0 Å². The fourth-order valence-electron chi connectivity index (χ4n) is 2.60. The average molecular weight is 308 g/mol. The van der Waals surface area contributed by atoms with Crippen LogP contribution in [0.3, 0.4) is 0 Å². The van der Waals surface area contributed by atoms with Crippen molar-refractivity contribution < 1.29 is 0 Å². The lowest BCUT2D eigenvalue weighted by Crippen LogP contribution is -2.47. The number of hydrogen-bond donors (Lipinski definition) is 0. The van der Waals surface area contributed by atoms with Gasteiger partial charge in [0.1, 0.15) is 5.82 Å². The van der Waals surface area contributed by atoms with Crippen LogP contribution in [-0.2, 0) is 0 Å². The van der Waals surface area contributed by atoms with Gasteiger partial charge in [0.15, 0.2) is 5.82 Å². The molecule has 8 heteroatoms. The van der Waals surface area contributed by atoms with E-state index in [1.165, 1.54) is 0 Å². The maximum atomic E-state index is 4.65. The van der Waals surface area contributed by atoms with Gasteiger partial charge in [0.2, 0.25) is 5.95 Å². The quantitative estimate of drug-likeness (QED) is 0.707. The summed E-state index contributed by atoms with van der Waals surface area (Å²) in [5.74, 6) is 2.37. The van der Waals surface area contributed by atoms with E-state index in [0.717, 1.165) is 43.8 Å². The first-order chi connectivity index (χ1) is 11.4. The zero-order valence-corrected chi connectivity index (χ0v) is 12.5. The Hall–Kier alpha value is -3.03. The maximum Gasteiger partial charge on any atom is 0.225 e. The normalized spacial score (nSPS) is 15.0. The average Bonchev–Trinajstić information content (AvgIpc) is 3.18. The first-order valence-corrected chi connectivity index (χ1v) is 7.49. The van der Waals surface area contributed by atoms with Gasteiger partial charge in [0.25, 0.3) is 0 Å². The Morgan fingerprint density at radius 1 is 0.783 bits per heavy atom. The summed E-state index contributed by atoms with van der Waals surface area (Å²) in [4.78, 5) is 22.0. The van der Waals surface area contributed by atoms with Crippen molar-refractivity contribution in [1.29, 1.82) is 0 Å². The zero-order valence-electron chi connectivity index (χ0n) is 12.5. The lowest BCUT2D eigenvalue weighted by Gasteiger charge is -2.35. The molecule has 0 aliphatic carbocycles. The van der Waals surface area contributed by atoms with Crippen LogP contribution in [0.2, 0.25) is 0 Å². The van der Waals surface area contributed by atoms with E-state index in [4.69, 9.17) is 0 Å². The van der Waals surface area contributed by atoms with E-state index in [0.29, 0.717) is 0 Å². The molecule has 1 aliphatic heterocycles. The van der Waals surface area contributed by atoms with Crippen LogP contribution in [0.25, 0.3) is 5.82 Å². The van der Waals surface area contributed by atoms with Gasteiger partial charge in [-0.25, -0.2) is 19.6 Å². The highest BCUT2D eigenvalue weighted by molar-refractivity contribution is 5.42. The molecule has 0 aromatic carbocycles. The third kappa shape index (κ3) is 2.83. The lowest BCUT2D eigenvalue weighted by molar-refractivity contribution is 0.632. The molecule has 0 radical (unpaired) electrons. The monoisotopic (exact) mass is 308 g/mol. The summed E-state index contributed by atoms with van der Waals surface area (Å²) >= 11 is 0. The number of aromatic nitrogens is 6. The highest BCUT2D eigenvalue weighted by Gasteiger charge is 2.20. The molecule has 23 heavy (non-hydrogen) atoms. The molecule has 0 spiro atoms. The molecule has 0 N–H and O–H groups in total. The first-order valence-electron chi connectivity index (χ1n) is 7.49. The molecular weight excluding hydrogens is 292 g/mol. The minimum Gasteiger partial charge on any atom is -0.352 e. The summed E-state index contributed by atoms with van der Waals surface area (Å²) in [6, 6.07) is 3.70. The molecule has 1 aliphatic rings. The molecular formula is C15H16N8. The lowest BCUT2D eigenvalue weighted by atomic mass is 10.3. The Balaban J connectivity index is 1.47. The van der Waals surface area contributed by atoms with Crippen molar-refractivity contribution in [3.63, 3.8) is 0 Å². The third-order valence-corrected chi connectivity index (χ3v) is 3.79. The summed E-state index contributed by atoms with van der Waals surface area (Å²) in [6.07, 6.45) is 10.6. The van der Waals surface area contributed by atoms with Gasteiger partial charge in [-0.3, -0.25) is 4.98 Å². The highest BCUT2D eigenvalue weighted by atomic mass is 15.4. The van der Waals surface area contributed by atoms with Crippen molar-refractivity contribution in [1.82, 2.24) is 29.7 Å². The molecule has 0 saturated carbocycles. The Morgan fingerprint density at radius 3 is 2.26 bits per heavy atom. The Kier molecular flexibility index (Phi) is 3.55. The van der Waals surface area contributed by atoms with E-state index in [1.54, 1.807) is 35.7 Å². The van der Waals surface area contributed by atoms with Crippen molar-refractivity contribution in [3.8, 4) is 5.82 Å². The van der Waals surface area contributed by atoms with Gasteiger partial charge in [-0.05, 0) is 12.1 Å². The van der Waals surface area contributed by atoms with Crippen LogP contribution in [-0.4, -0.2) is 55.9 Å². The number of anilines is 2. The van der Waals surface area contributed by atoms with Gasteiger partial charge in [-0.15, -0.1) is 0 Å². The van der Waals surface area contributed by atoms with E-state index in [9.17, 15) is 0 Å². The summed E-state index contributed by atoms with van der Waals surface area (Å²) in [6.45, 7) is 3.43. The first kappa shape index (κ1) is 13.6. The summed E-state index contributed by atoms with van der Waals surface area (Å²) in [5.41, 5.74) is 0. The van der Waals surface area contributed by atoms with Crippen LogP contribution in [0.4, 0.5) is 11.8 Å². The Bertz CT molecular complexity index is 750. The second-order valence-corrected chi connectivity index (χ2v) is 5.21. The molecule has 3 aromatic heterocycles. The van der Waals surface area contributed by atoms with Crippen molar-refractivity contribution in [3.05, 3.63) is 49.3 Å². The summed E-state index contributed by atoms with van der Waals surface area (Å²) in [7, 11) is 0. The van der Waals surface area contributed by atoms with Crippen LogP contribution >= 0.6 is 0 Å². The highest BCUT2D eigenvalue weighted by Crippen LogP contribution is 2.16. The Morgan fingerprint density at radius 2 is 1.52 bits per heavy atom. The molecule has 3 aromatic rings.